The Morgan fingerprint density at radius 1 is 1.56 bits per heavy atom. The summed E-state index contributed by atoms with van der Waals surface area (Å²) in [6.07, 6.45) is 7.12. The summed E-state index contributed by atoms with van der Waals surface area (Å²) in [5.74, 6) is 0.174. The Balaban J connectivity index is 1.90. The number of piperidine rings is 1. The van der Waals surface area contributed by atoms with E-state index in [1.165, 1.54) is 6.42 Å². The van der Waals surface area contributed by atoms with Crippen molar-refractivity contribution in [3.8, 4) is 0 Å². The molecule has 1 aromatic rings. The van der Waals surface area contributed by atoms with E-state index in [9.17, 15) is 4.79 Å². The third-order valence-electron chi connectivity index (χ3n) is 3.50. The molecule has 100 valence electrons. The molecule has 0 spiro atoms. The molecule has 0 aromatic carbocycles. The molecule has 1 fully saturated rings. The van der Waals surface area contributed by atoms with Crippen LogP contribution in [0.4, 0.5) is 0 Å². The first-order chi connectivity index (χ1) is 8.68. The molecular weight excluding hydrogens is 230 g/mol. The maximum Gasteiger partial charge on any atom is 0.224 e. The number of carbonyl (C=O) groups excluding carboxylic acids is 1. The molecule has 6 nitrogen and oxygen atoms in total. The molecule has 2 N–H and O–H groups in total. The Bertz CT molecular complexity index is 376. The quantitative estimate of drug-likeness (QED) is 0.840. The van der Waals surface area contributed by atoms with Gasteiger partial charge in [-0.15, -0.1) is 5.10 Å². The third kappa shape index (κ3) is 3.07. The highest BCUT2D eigenvalue weighted by atomic mass is 16.2. The number of aromatic nitrogens is 3. The molecule has 0 saturated carbocycles. The zero-order valence-corrected chi connectivity index (χ0v) is 10.8. The van der Waals surface area contributed by atoms with Crippen molar-refractivity contribution in [1.29, 1.82) is 0 Å². The Labute approximate surface area is 107 Å². The molecular formula is C12H21N5O. The molecule has 0 aliphatic carbocycles. The van der Waals surface area contributed by atoms with Crippen LogP contribution >= 0.6 is 0 Å². The van der Waals surface area contributed by atoms with E-state index in [-0.39, 0.29) is 18.0 Å². The summed E-state index contributed by atoms with van der Waals surface area (Å²) in [6.45, 7) is 3.40. The molecule has 1 aliphatic rings. The van der Waals surface area contributed by atoms with Crippen molar-refractivity contribution in [2.75, 3.05) is 6.54 Å². The van der Waals surface area contributed by atoms with E-state index in [0.29, 0.717) is 13.0 Å². The fourth-order valence-electron chi connectivity index (χ4n) is 2.52. The topological polar surface area (TPSA) is 77.0 Å². The van der Waals surface area contributed by atoms with Crippen molar-refractivity contribution in [2.45, 2.75) is 51.2 Å². The van der Waals surface area contributed by atoms with Gasteiger partial charge >= 0.3 is 0 Å². The largest absolute Gasteiger partial charge is 0.338 e. The maximum absolute atomic E-state index is 12.2. The van der Waals surface area contributed by atoms with Gasteiger partial charge in [0.05, 0.1) is 12.7 Å². The van der Waals surface area contributed by atoms with E-state index in [1.807, 2.05) is 11.8 Å². The monoisotopic (exact) mass is 251 g/mol. The molecule has 2 unspecified atom stereocenters. The Hall–Kier alpha value is -1.43. The van der Waals surface area contributed by atoms with Crippen molar-refractivity contribution >= 4 is 5.91 Å². The molecule has 18 heavy (non-hydrogen) atoms. The normalized spacial score (nSPS) is 21.9. The van der Waals surface area contributed by atoms with E-state index in [1.54, 1.807) is 17.1 Å². The van der Waals surface area contributed by atoms with Gasteiger partial charge in [0, 0.05) is 31.2 Å². The molecule has 6 heteroatoms. The van der Waals surface area contributed by atoms with Crippen LogP contribution in [0.15, 0.2) is 12.4 Å². The SMILES string of the molecule is CC(N)C1CCCCN1C(=O)CCn1ccnn1. The first-order valence-corrected chi connectivity index (χ1v) is 6.57. The van der Waals surface area contributed by atoms with Crippen LogP contribution in [0.1, 0.15) is 32.6 Å². The van der Waals surface area contributed by atoms with E-state index in [0.717, 1.165) is 19.4 Å². The minimum atomic E-state index is 0.0422. The van der Waals surface area contributed by atoms with Crippen LogP contribution < -0.4 is 5.73 Å². The number of rotatable bonds is 4. The van der Waals surface area contributed by atoms with Gasteiger partial charge in [0.25, 0.3) is 0 Å². The number of hydrogen-bond acceptors (Lipinski definition) is 4. The highest BCUT2D eigenvalue weighted by Gasteiger charge is 2.28. The minimum Gasteiger partial charge on any atom is -0.338 e. The Morgan fingerprint density at radius 2 is 2.39 bits per heavy atom. The van der Waals surface area contributed by atoms with Crippen LogP contribution in [0.3, 0.4) is 0 Å². The molecule has 0 radical (unpaired) electrons. The summed E-state index contributed by atoms with van der Waals surface area (Å²) >= 11 is 0. The molecule has 1 aliphatic heterocycles. The lowest BCUT2D eigenvalue weighted by atomic mass is 9.96. The van der Waals surface area contributed by atoms with Gasteiger partial charge < -0.3 is 10.6 Å². The lowest BCUT2D eigenvalue weighted by Gasteiger charge is -2.38. The smallest absolute Gasteiger partial charge is 0.224 e. The average Bonchev–Trinajstić information content (AvgIpc) is 2.89. The zero-order valence-electron chi connectivity index (χ0n) is 10.8. The second kappa shape index (κ2) is 5.95. The van der Waals surface area contributed by atoms with Gasteiger partial charge in [0.1, 0.15) is 0 Å². The second-order valence-electron chi connectivity index (χ2n) is 4.93. The van der Waals surface area contributed by atoms with Crippen LogP contribution in [-0.4, -0.2) is 44.4 Å². The number of nitrogens with two attached hydrogens (primary N) is 1. The van der Waals surface area contributed by atoms with Gasteiger partial charge in [-0.1, -0.05) is 5.21 Å². The summed E-state index contributed by atoms with van der Waals surface area (Å²) in [4.78, 5) is 14.2. The minimum absolute atomic E-state index is 0.0422. The van der Waals surface area contributed by atoms with Gasteiger partial charge in [-0.3, -0.25) is 9.48 Å². The molecule has 2 rings (SSSR count). The van der Waals surface area contributed by atoms with Crippen molar-refractivity contribution in [3.63, 3.8) is 0 Å². The number of nitrogens with zero attached hydrogens (tertiary/aromatic N) is 4. The van der Waals surface area contributed by atoms with Crippen LogP contribution in [0.2, 0.25) is 0 Å². The van der Waals surface area contributed by atoms with Crippen LogP contribution in [0, 0.1) is 0 Å². The fourth-order valence-corrected chi connectivity index (χ4v) is 2.52. The molecule has 2 atom stereocenters. The zero-order chi connectivity index (χ0) is 13.0. The second-order valence-corrected chi connectivity index (χ2v) is 4.93. The van der Waals surface area contributed by atoms with Gasteiger partial charge in [0.15, 0.2) is 0 Å². The summed E-state index contributed by atoms with van der Waals surface area (Å²) in [7, 11) is 0. The molecule has 2 heterocycles. The van der Waals surface area contributed by atoms with Crippen LogP contribution in [0.25, 0.3) is 0 Å². The van der Waals surface area contributed by atoms with Gasteiger partial charge in [-0.25, -0.2) is 0 Å². The predicted octanol–water partition coefficient (Wildman–Crippen LogP) is 0.396. The first-order valence-electron chi connectivity index (χ1n) is 6.57. The number of likely N-dealkylation sites (tertiary alicyclic amines) is 1. The first kappa shape index (κ1) is 13.0. The van der Waals surface area contributed by atoms with Crippen molar-refractivity contribution in [1.82, 2.24) is 19.9 Å². The van der Waals surface area contributed by atoms with Gasteiger partial charge in [-0.2, -0.15) is 0 Å². The third-order valence-corrected chi connectivity index (χ3v) is 3.50. The van der Waals surface area contributed by atoms with Crippen molar-refractivity contribution < 1.29 is 4.79 Å². The molecule has 0 bridgehead atoms. The number of carbonyl (C=O) groups is 1. The van der Waals surface area contributed by atoms with Crippen LogP contribution in [0.5, 0.6) is 0 Å². The highest BCUT2D eigenvalue weighted by Crippen LogP contribution is 2.19. The summed E-state index contributed by atoms with van der Waals surface area (Å²) < 4.78 is 1.68. The summed E-state index contributed by atoms with van der Waals surface area (Å²) in [6, 6.07) is 0.239. The lowest BCUT2D eigenvalue weighted by Crippen LogP contribution is -2.51. The Morgan fingerprint density at radius 3 is 3.06 bits per heavy atom. The number of hydrogen-bond donors (Lipinski definition) is 1. The summed E-state index contributed by atoms with van der Waals surface area (Å²) in [5, 5.41) is 7.58. The molecule has 1 amide bonds. The Kier molecular flexibility index (Phi) is 4.30. The lowest BCUT2D eigenvalue weighted by molar-refractivity contribution is -0.135. The van der Waals surface area contributed by atoms with E-state index >= 15 is 0 Å². The van der Waals surface area contributed by atoms with Crippen molar-refractivity contribution in [2.24, 2.45) is 5.73 Å². The maximum atomic E-state index is 12.2. The van der Waals surface area contributed by atoms with E-state index in [4.69, 9.17) is 5.73 Å². The molecule has 1 aromatic heterocycles. The van der Waals surface area contributed by atoms with Crippen LogP contribution in [-0.2, 0) is 11.3 Å². The molecule has 1 saturated heterocycles. The average molecular weight is 251 g/mol. The predicted molar refractivity (Wildman–Crippen MR) is 67.6 cm³/mol. The summed E-state index contributed by atoms with van der Waals surface area (Å²) in [5.41, 5.74) is 5.96. The highest BCUT2D eigenvalue weighted by molar-refractivity contribution is 5.76. The van der Waals surface area contributed by atoms with Gasteiger partial charge in [0.2, 0.25) is 5.91 Å². The van der Waals surface area contributed by atoms with Gasteiger partial charge in [-0.05, 0) is 26.2 Å². The number of amides is 1. The number of aryl methyl sites for hydroxylation is 1. The van der Waals surface area contributed by atoms with Crippen molar-refractivity contribution in [3.05, 3.63) is 12.4 Å². The fraction of sp³-hybridized carbons (Fsp3) is 0.750. The standard InChI is InChI=1S/C12H21N5O/c1-10(13)11-4-2-3-7-17(11)12(18)5-8-16-9-6-14-15-16/h6,9-11H,2-5,7-8,13H2,1H3. The van der Waals surface area contributed by atoms with E-state index < -0.39 is 0 Å². The van der Waals surface area contributed by atoms with E-state index in [2.05, 4.69) is 10.3 Å².